The van der Waals surface area contributed by atoms with Crippen LogP contribution in [0, 0.1) is 5.82 Å². The van der Waals surface area contributed by atoms with Gasteiger partial charge in [0.2, 0.25) is 5.95 Å². The van der Waals surface area contributed by atoms with Crippen molar-refractivity contribution >= 4 is 28.2 Å². The van der Waals surface area contributed by atoms with Gasteiger partial charge in [0.15, 0.2) is 23.0 Å². The molecule has 4 aromatic rings. The molecule has 1 aromatic carbocycles. The monoisotopic (exact) mass is 480 g/mol. The highest BCUT2D eigenvalue weighted by Crippen LogP contribution is 2.39. The van der Waals surface area contributed by atoms with Crippen molar-refractivity contribution in [2.24, 2.45) is 0 Å². The lowest BCUT2D eigenvalue weighted by atomic mass is 9.97. The third-order valence-corrected chi connectivity index (χ3v) is 7.52. The summed E-state index contributed by atoms with van der Waals surface area (Å²) in [5, 5.41) is 20.5. The molecule has 0 radical (unpaired) electrons. The van der Waals surface area contributed by atoms with Crippen molar-refractivity contribution in [2.75, 3.05) is 30.8 Å². The second kappa shape index (κ2) is 8.04. The number of piperidine rings is 1. The van der Waals surface area contributed by atoms with Crippen LogP contribution >= 0.6 is 0 Å². The first-order chi connectivity index (χ1) is 16.8. The Hall–Kier alpha value is -3.47. The first-order valence-corrected chi connectivity index (χ1v) is 12.0. The van der Waals surface area contributed by atoms with Crippen LogP contribution in [0.5, 0.6) is 5.75 Å². The van der Waals surface area contributed by atoms with E-state index < -0.39 is 11.4 Å². The van der Waals surface area contributed by atoms with Crippen LogP contribution in [0.2, 0.25) is 0 Å². The highest BCUT2D eigenvalue weighted by molar-refractivity contribution is 5.93. The molecule has 3 N–H and O–H groups in total. The molecule has 2 fully saturated rings. The fraction of sp³-hybridized carbons (Fsp3) is 0.500. The maximum absolute atomic E-state index is 14.4. The quantitative estimate of drug-likeness (QED) is 0.457. The van der Waals surface area contributed by atoms with Gasteiger partial charge in [-0.1, -0.05) is 0 Å². The van der Waals surface area contributed by atoms with Gasteiger partial charge in [-0.2, -0.15) is 9.61 Å². The van der Waals surface area contributed by atoms with Gasteiger partial charge in [-0.25, -0.2) is 14.4 Å². The van der Waals surface area contributed by atoms with E-state index in [9.17, 15) is 9.50 Å². The van der Waals surface area contributed by atoms with E-state index in [4.69, 9.17) is 15.5 Å². The second-order valence-corrected chi connectivity index (χ2v) is 9.91. The molecule has 10 nitrogen and oxygen atoms in total. The number of nitrogens with zero attached hydrogens (tertiary/aromatic N) is 7. The minimum atomic E-state index is -0.728. The van der Waals surface area contributed by atoms with Gasteiger partial charge in [0, 0.05) is 36.7 Å². The Labute approximate surface area is 201 Å². The van der Waals surface area contributed by atoms with Crippen molar-refractivity contribution in [3.8, 4) is 5.75 Å². The third-order valence-electron chi connectivity index (χ3n) is 7.52. The summed E-state index contributed by atoms with van der Waals surface area (Å²) in [5.74, 6) is 0.561. The molecule has 3 atom stereocenters. The molecule has 0 bridgehead atoms. The Kier molecular flexibility index (Phi) is 5.06. The van der Waals surface area contributed by atoms with Gasteiger partial charge >= 0.3 is 0 Å². The molecule has 35 heavy (non-hydrogen) atoms. The van der Waals surface area contributed by atoms with Crippen molar-refractivity contribution in [3.63, 3.8) is 0 Å². The molecular formula is C24H29FN8O2. The highest BCUT2D eigenvalue weighted by atomic mass is 19.1. The van der Waals surface area contributed by atoms with Crippen molar-refractivity contribution in [1.29, 1.82) is 0 Å². The molecule has 11 heteroatoms. The number of benzene rings is 1. The molecule has 1 unspecified atom stereocenters. The Morgan fingerprint density at radius 1 is 1.23 bits per heavy atom. The molecule has 1 saturated carbocycles. The fourth-order valence-electron chi connectivity index (χ4n) is 5.61. The molecule has 1 saturated heterocycles. The van der Waals surface area contributed by atoms with E-state index in [-0.39, 0.29) is 23.7 Å². The van der Waals surface area contributed by atoms with Crippen molar-refractivity contribution < 1.29 is 14.2 Å². The number of halogens is 1. The zero-order valence-electron chi connectivity index (χ0n) is 19.9. The zero-order valence-corrected chi connectivity index (χ0v) is 19.9. The average Bonchev–Trinajstić information content (AvgIpc) is 3.57. The first-order valence-electron chi connectivity index (χ1n) is 12.0. The SMILES string of the molecule is COc1cc2nc(N)n3nc([C@@H]4CCCN(c5cnn(C6CCC[C@]6(C)O)c5)C4)nc3c2cc1F. The van der Waals surface area contributed by atoms with Crippen LogP contribution in [-0.2, 0) is 0 Å². The summed E-state index contributed by atoms with van der Waals surface area (Å²) in [7, 11) is 1.41. The van der Waals surface area contributed by atoms with Gasteiger partial charge in [0.1, 0.15) is 0 Å². The van der Waals surface area contributed by atoms with E-state index in [1.165, 1.54) is 23.8 Å². The standard InChI is InChI=1S/C24H29FN8O2/c1-24(34)7-3-6-20(24)32-13-15(11-27-32)31-8-4-5-14(12-31)21-29-22-16-9-17(25)19(35-2)10-18(16)28-23(26)33(22)30-21/h9-11,13-14,20,34H,3-8,12H2,1-2H3,(H2,26,28)/t14-,20?,24+/m1/s1. The van der Waals surface area contributed by atoms with Crippen LogP contribution in [0.15, 0.2) is 24.5 Å². The number of nitrogens with two attached hydrogens (primary N) is 1. The van der Waals surface area contributed by atoms with E-state index in [0.717, 1.165) is 50.9 Å². The van der Waals surface area contributed by atoms with Crippen LogP contribution in [0.25, 0.3) is 16.6 Å². The summed E-state index contributed by atoms with van der Waals surface area (Å²) in [6, 6.07) is 2.89. The van der Waals surface area contributed by atoms with E-state index in [1.807, 2.05) is 24.0 Å². The van der Waals surface area contributed by atoms with Gasteiger partial charge in [-0.05, 0) is 45.1 Å². The summed E-state index contributed by atoms with van der Waals surface area (Å²) < 4.78 is 22.9. The molecule has 0 amide bonds. The summed E-state index contributed by atoms with van der Waals surface area (Å²) >= 11 is 0. The largest absolute Gasteiger partial charge is 0.494 e. The lowest BCUT2D eigenvalue weighted by Crippen LogP contribution is -2.35. The number of hydrogen-bond donors (Lipinski definition) is 2. The predicted molar refractivity (Wildman–Crippen MR) is 129 cm³/mol. The molecule has 1 aliphatic carbocycles. The molecule has 184 valence electrons. The van der Waals surface area contributed by atoms with Crippen molar-refractivity contribution in [1.82, 2.24) is 29.4 Å². The maximum Gasteiger partial charge on any atom is 0.223 e. The molecule has 0 spiro atoms. The average molecular weight is 481 g/mol. The van der Waals surface area contributed by atoms with Crippen LogP contribution in [0.1, 0.15) is 56.8 Å². The Balaban J connectivity index is 1.30. The lowest BCUT2D eigenvalue weighted by Gasteiger charge is -2.32. The normalized spacial score (nSPS) is 25.1. The number of fused-ring (bicyclic) bond motifs is 3. The molecule has 4 heterocycles. The van der Waals surface area contributed by atoms with Crippen LogP contribution in [0.3, 0.4) is 0 Å². The maximum atomic E-state index is 14.4. The van der Waals surface area contributed by atoms with E-state index in [1.54, 1.807) is 0 Å². The van der Waals surface area contributed by atoms with Gasteiger partial charge in [0.05, 0.1) is 36.2 Å². The van der Waals surface area contributed by atoms with Crippen LogP contribution < -0.4 is 15.4 Å². The molecule has 1 aliphatic heterocycles. The van der Waals surface area contributed by atoms with Gasteiger partial charge in [0.25, 0.3) is 0 Å². The number of rotatable bonds is 4. The van der Waals surface area contributed by atoms with Gasteiger partial charge in [-0.15, -0.1) is 5.10 Å². The molecule has 6 rings (SSSR count). The number of ether oxygens (including phenoxy) is 1. The summed E-state index contributed by atoms with van der Waals surface area (Å²) in [4.78, 5) is 11.4. The smallest absolute Gasteiger partial charge is 0.223 e. The van der Waals surface area contributed by atoms with Crippen molar-refractivity contribution in [3.05, 3.63) is 36.2 Å². The van der Waals surface area contributed by atoms with Crippen molar-refractivity contribution in [2.45, 2.75) is 56.6 Å². The molecule has 3 aromatic heterocycles. The Morgan fingerprint density at radius 3 is 2.86 bits per heavy atom. The fourth-order valence-corrected chi connectivity index (χ4v) is 5.61. The Bertz CT molecular complexity index is 1410. The van der Waals surface area contributed by atoms with Crippen LogP contribution in [-0.4, -0.2) is 60.3 Å². The van der Waals surface area contributed by atoms with E-state index in [2.05, 4.69) is 20.1 Å². The lowest BCUT2D eigenvalue weighted by molar-refractivity contribution is 0.0222. The third kappa shape index (κ3) is 3.65. The number of aliphatic hydroxyl groups is 1. The topological polar surface area (TPSA) is 120 Å². The minimum absolute atomic E-state index is 0.000260. The number of anilines is 2. The molecular weight excluding hydrogens is 451 g/mol. The van der Waals surface area contributed by atoms with Crippen LogP contribution in [0.4, 0.5) is 16.0 Å². The summed E-state index contributed by atoms with van der Waals surface area (Å²) in [6.45, 7) is 3.54. The Morgan fingerprint density at radius 2 is 2.09 bits per heavy atom. The summed E-state index contributed by atoms with van der Waals surface area (Å²) in [5.41, 5.74) is 7.46. The molecule has 2 aliphatic rings. The van der Waals surface area contributed by atoms with Gasteiger partial charge in [-0.3, -0.25) is 4.68 Å². The first kappa shape index (κ1) is 22.0. The predicted octanol–water partition coefficient (Wildman–Crippen LogP) is 3.06. The summed E-state index contributed by atoms with van der Waals surface area (Å²) in [6.07, 6.45) is 8.55. The second-order valence-electron chi connectivity index (χ2n) is 9.91. The minimum Gasteiger partial charge on any atom is -0.494 e. The number of nitrogen functional groups attached to an aromatic ring is 1. The van der Waals surface area contributed by atoms with E-state index >= 15 is 0 Å². The van der Waals surface area contributed by atoms with E-state index in [0.29, 0.717) is 22.4 Å². The number of aromatic nitrogens is 6. The number of hydrogen-bond acceptors (Lipinski definition) is 8. The number of methoxy groups -OCH3 is 1. The highest BCUT2D eigenvalue weighted by Gasteiger charge is 2.39. The zero-order chi connectivity index (χ0) is 24.3. The van der Waals surface area contributed by atoms with Gasteiger partial charge < -0.3 is 20.5 Å².